The summed E-state index contributed by atoms with van der Waals surface area (Å²) in [5.41, 5.74) is 1.28. The van der Waals surface area contributed by atoms with Crippen LogP contribution in [0.2, 0.25) is 0 Å². The molecule has 7 nitrogen and oxygen atoms in total. The predicted molar refractivity (Wildman–Crippen MR) is 110 cm³/mol. The van der Waals surface area contributed by atoms with Crippen LogP contribution in [0.25, 0.3) is 0 Å². The zero-order valence-corrected chi connectivity index (χ0v) is 16.8. The fourth-order valence-corrected chi connectivity index (χ4v) is 3.41. The molecule has 1 amide bonds. The van der Waals surface area contributed by atoms with Crippen molar-refractivity contribution in [3.05, 3.63) is 65.7 Å². The zero-order chi connectivity index (χ0) is 20.6. The first-order valence-electron chi connectivity index (χ1n) is 8.80. The first-order chi connectivity index (χ1) is 14.1. The lowest BCUT2D eigenvalue weighted by atomic mass is 10.3. The summed E-state index contributed by atoms with van der Waals surface area (Å²) in [4.78, 5) is 30.0. The summed E-state index contributed by atoms with van der Waals surface area (Å²) in [5.74, 6) is 0.314. The highest BCUT2D eigenvalue weighted by atomic mass is 32.1. The van der Waals surface area contributed by atoms with E-state index in [4.69, 9.17) is 14.2 Å². The number of aromatic nitrogens is 1. The Kier molecular flexibility index (Phi) is 6.80. The van der Waals surface area contributed by atoms with Gasteiger partial charge in [-0.15, -0.1) is 11.3 Å². The van der Waals surface area contributed by atoms with E-state index in [1.54, 1.807) is 23.6 Å². The van der Waals surface area contributed by atoms with Crippen LogP contribution in [0.1, 0.15) is 12.6 Å². The number of anilines is 2. The number of thiazole rings is 1. The van der Waals surface area contributed by atoms with Gasteiger partial charge in [-0.25, -0.2) is 9.78 Å². The van der Waals surface area contributed by atoms with Crippen LogP contribution in [0.5, 0.6) is 11.5 Å². The summed E-state index contributed by atoms with van der Waals surface area (Å²) in [6.45, 7) is 1.22. The van der Waals surface area contributed by atoms with Crippen LogP contribution in [0.15, 0.2) is 60.0 Å². The van der Waals surface area contributed by atoms with Crippen LogP contribution in [0, 0.1) is 0 Å². The molecule has 0 aliphatic rings. The number of esters is 1. The molecule has 0 aliphatic heterocycles. The van der Waals surface area contributed by atoms with E-state index in [1.165, 1.54) is 30.3 Å². The molecule has 29 heavy (non-hydrogen) atoms. The zero-order valence-electron chi connectivity index (χ0n) is 16.0. The van der Waals surface area contributed by atoms with Crippen molar-refractivity contribution in [1.29, 1.82) is 0 Å². The Morgan fingerprint density at radius 2 is 1.72 bits per heavy atom. The van der Waals surface area contributed by atoms with Crippen molar-refractivity contribution < 1.29 is 23.8 Å². The lowest BCUT2D eigenvalue weighted by Gasteiger charge is -2.17. The van der Waals surface area contributed by atoms with Gasteiger partial charge >= 0.3 is 5.97 Å². The van der Waals surface area contributed by atoms with E-state index in [9.17, 15) is 9.59 Å². The number of hydrogen-bond donors (Lipinski definition) is 0. The number of carbonyl (C=O) groups is 2. The fourth-order valence-electron chi connectivity index (χ4n) is 2.54. The standard InChI is InChI=1S/C21H20N2O5S/c1-15(24)23(17-8-4-3-5-9-17)21-22-16(14-29-21)12-28-20(25)13-27-19-11-7-6-10-18(19)26-2/h3-11,14H,12-13H2,1-2H3. The van der Waals surface area contributed by atoms with Crippen LogP contribution >= 0.6 is 11.3 Å². The normalized spacial score (nSPS) is 10.3. The third kappa shape index (κ3) is 5.32. The molecule has 0 atom stereocenters. The molecular formula is C21H20N2O5S. The van der Waals surface area contributed by atoms with E-state index in [0.29, 0.717) is 22.3 Å². The molecule has 3 rings (SSSR count). The number of nitrogens with zero attached hydrogens (tertiary/aromatic N) is 2. The van der Waals surface area contributed by atoms with E-state index in [2.05, 4.69) is 4.98 Å². The molecule has 0 fully saturated rings. The molecular weight excluding hydrogens is 392 g/mol. The maximum atomic E-state index is 12.1. The molecule has 0 N–H and O–H groups in total. The van der Waals surface area contributed by atoms with Gasteiger partial charge < -0.3 is 14.2 Å². The minimum absolute atomic E-state index is 0.00878. The molecule has 1 heterocycles. The van der Waals surface area contributed by atoms with Gasteiger partial charge in [0.1, 0.15) is 6.61 Å². The highest BCUT2D eigenvalue weighted by Crippen LogP contribution is 2.29. The molecule has 3 aromatic rings. The molecule has 0 radical (unpaired) electrons. The van der Waals surface area contributed by atoms with Crippen molar-refractivity contribution in [2.24, 2.45) is 0 Å². The van der Waals surface area contributed by atoms with E-state index in [1.807, 2.05) is 36.4 Å². The van der Waals surface area contributed by atoms with Crippen molar-refractivity contribution in [2.75, 3.05) is 18.6 Å². The van der Waals surface area contributed by atoms with Gasteiger partial charge in [0.2, 0.25) is 5.91 Å². The highest BCUT2D eigenvalue weighted by Gasteiger charge is 2.18. The largest absolute Gasteiger partial charge is 0.493 e. The Hall–Kier alpha value is -3.39. The maximum Gasteiger partial charge on any atom is 0.344 e. The Morgan fingerprint density at radius 3 is 2.41 bits per heavy atom. The molecule has 1 aromatic heterocycles. The Balaban J connectivity index is 1.57. The molecule has 150 valence electrons. The van der Waals surface area contributed by atoms with Crippen molar-refractivity contribution >= 4 is 34.0 Å². The third-order valence-electron chi connectivity index (χ3n) is 3.86. The minimum atomic E-state index is -0.531. The highest BCUT2D eigenvalue weighted by molar-refractivity contribution is 7.14. The number of methoxy groups -OCH3 is 1. The smallest absolute Gasteiger partial charge is 0.344 e. The molecule has 0 aliphatic carbocycles. The number of benzene rings is 2. The van der Waals surface area contributed by atoms with Gasteiger partial charge in [0.15, 0.2) is 23.2 Å². The van der Waals surface area contributed by atoms with Crippen LogP contribution in [-0.2, 0) is 20.9 Å². The summed E-state index contributed by atoms with van der Waals surface area (Å²) in [5, 5.41) is 2.27. The molecule has 8 heteroatoms. The van der Waals surface area contributed by atoms with Crippen LogP contribution in [0.3, 0.4) is 0 Å². The van der Waals surface area contributed by atoms with E-state index in [0.717, 1.165) is 5.69 Å². The number of carbonyl (C=O) groups excluding carboxylic acids is 2. The number of hydrogen-bond acceptors (Lipinski definition) is 7. The van der Waals surface area contributed by atoms with Crippen LogP contribution in [-0.4, -0.2) is 30.6 Å². The monoisotopic (exact) mass is 412 g/mol. The van der Waals surface area contributed by atoms with Crippen molar-refractivity contribution in [1.82, 2.24) is 4.98 Å². The van der Waals surface area contributed by atoms with Gasteiger partial charge in [-0.2, -0.15) is 0 Å². The minimum Gasteiger partial charge on any atom is -0.493 e. The van der Waals surface area contributed by atoms with Crippen molar-refractivity contribution in [3.63, 3.8) is 0 Å². The Labute approximate surface area is 172 Å². The van der Waals surface area contributed by atoms with E-state index < -0.39 is 5.97 Å². The summed E-state index contributed by atoms with van der Waals surface area (Å²) in [6.07, 6.45) is 0. The Bertz CT molecular complexity index is 974. The molecule has 0 bridgehead atoms. The van der Waals surface area contributed by atoms with Crippen molar-refractivity contribution in [3.8, 4) is 11.5 Å². The van der Waals surface area contributed by atoms with Gasteiger partial charge in [0.05, 0.1) is 18.5 Å². The second-order valence-electron chi connectivity index (χ2n) is 5.91. The number of ether oxygens (including phenoxy) is 3. The first kappa shape index (κ1) is 20.3. The van der Waals surface area contributed by atoms with E-state index in [-0.39, 0.29) is 19.1 Å². The lowest BCUT2D eigenvalue weighted by molar-refractivity contribution is -0.147. The number of para-hydroxylation sites is 3. The second kappa shape index (κ2) is 9.70. The molecule has 2 aromatic carbocycles. The fraction of sp³-hybridized carbons (Fsp3) is 0.190. The van der Waals surface area contributed by atoms with Gasteiger partial charge in [0.25, 0.3) is 0 Å². The SMILES string of the molecule is COc1ccccc1OCC(=O)OCc1csc(N(C(C)=O)c2ccccc2)n1. The number of amides is 1. The van der Waals surface area contributed by atoms with Gasteiger partial charge in [-0.05, 0) is 24.3 Å². The average Bonchev–Trinajstić information content (AvgIpc) is 3.20. The van der Waals surface area contributed by atoms with Gasteiger partial charge in [0, 0.05) is 12.3 Å². The summed E-state index contributed by atoms with van der Waals surface area (Å²) < 4.78 is 15.8. The lowest BCUT2D eigenvalue weighted by Crippen LogP contribution is -2.22. The van der Waals surface area contributed by atoms with E-state index >= 15 is 0 Å². The molecule has 0 saturated carbocycles. The Morgan fingerprint density at radius 1 is 1.03 bits per heavy atom. The first-order valence-corrected chi connectivity index (χ1v) is 9.68. The molecule has 0 unspecified atom stereocenters. The summed E-state index contributed by atoms with van der Waals surface area (Å²) in [6, 6.07) is 16.3. The average molecular weight is 412 g/mol. The van der Waals surface area contributed by atoms with Crippen molar-refractivity contribution in [2.45, 2.75) is 13.5 Å². The second-order valence-corrected chi connectivity index (χ2v) is 6.75. The van der Waals surface area contributed by atoms with Crippen LogP contribution in [0.4, 0.5) is 10.8 Å². The van der Waals surface area contributed by atoms with Crippen LogP contribution < -0.4 is 14.4 Å². The maximum absolute atomic E-state index is 12.1. The summed E-state index contributed by atoms with van der Waals surface area (Å²) in [7, 11) is 1.53. The molecule has 0 saturated heterocycles. The number of rotatable bonds is 8. The van der Waals surface area contributed by atoms with Gasteiger partial charge in [-0.1, -0.05) is 30.3 Å². The topological polar surface area (TPSA) is 78.0 Å². The summed E-state index contributed by atoms with van der Waals surface area (Å²) >= 11 is 1.30. The third-order valence-corrected chi connectivity index (χ3v) is 4.73. The van der Waals surface area contributed by atoms with Gasteiger partial charge in [-0.3, -0.25) is 9.69 Å². The molecule has 0 spiro atoms. The quantitative estimate of drug-likeness (QED) is 0.521. The predicted octanol–water partition coefficient (Wildman–Crippen LogP) is 3.96.